The molecule has 0 N–H and O–H groups in total. The van der Waals surface area contributed by atoms with Gasteiger partial charge >= 0.3 is 0 Å². The van der Waals surface area contributed by atoms with Gasteiger partial charge in [-0.3, -0.25) is 4.98 Å². The average Bonchev–Trinajstić information content (AvgIpc) is 2.06. The van der Waals surface area contributed by atoms with Gasteiger partial charge in [0.2, 0.25) is 0 Å². The summed E-state index contributed by atoms with van der Waals surface area (Å²) in [5.41, 5.74) is 0. The fourth-order valence-corrected chi connectivity index (χ4v) is 1.88. The predicted molar refractivity (Wildman–Crippen MR) is 51.3 cm³/mol. The van der Waals surface area contributed by atoms with Crippen LogP contribution in [0.4, 0.5) is 0 Å². The Labute approximate surface area is 68.5 Å². The van der Waals surface area contributed by atoms with Crippen LogP contribution in [0.3, 0.4) is 0 Å². The maximum atomic E-state index is 4.27. The molecule has 54 valence electrons. The molecule has 1 heterocycles. The van der Waals surface area contributed by atoms with E-state index in [1.165, 1.54) is 16.1 Å². The van der Waals surface area contributed by atoms with Crippen LogP contribution in [0, 0.1) is 0 Å². The van der Waals surface area contributed by atoms with Crippen molar-refractivity contribution in [1.82, 2.24) is 4.98 Å². The highest BCUT2D eigenvalue weighted by molar-refractivity contribution is 6.36. The Hall–Kier alpha value is -1.15. The minimum Gasteiger partial charge on any atom is -0.267 e. The average molecular weight is 159 g/mol. The molecule has 0 spiro atoms. The number of hydrogen-bond acceptors (Lipinski definition) is 1. The Morgan fingerprint density at radius 1 is 1.09 bits per heavy atom. The molecule has 0 saturated carbocycles. The zero-order chi connectivity index (χ0) is 7.68. The van der Waals surface area contributed by atoms with Crippen LogP contribution in [0.5, 0.6) is 0 Å². The maximum absolute atomic E-state index is 4.27. The second kappa shape index (κ2) is 2.47. The van der Waals surface area contributed by atoms with Gasteiger partial charge in [-0.15, -0.1) is 0 Å². The molecule has 0 bridgehead atoms. The summed E-state index contributed by atoms with van der Waals surface area (Å²) in [6, 6.07) is 10.4. The molecule has 0 aliphatic carbocycles. The Morgan fingerprint density at radius 2 is 1.91 bits per heavy atom. The van der Waals surface area contributed by atoms with Crippen molar-refractivity contribution in [3.05, 3.63) is 36.5 Å². The van der Waals surface area contributed by atoms with Gasteiger partial charge in [0.1, 0.15) is 0 Å². The number of rotatable bonds is 0. The van der Waals surface area contributed by atoms with Gasteiger partial charge in [-0.25, -0.2) is 0 Å². The lowest BCUT2D eigenvalue weighted by Crippen LogP contribution is -2.07. The first-order valence-corrected chi connectivity index (χ1v) is 4.68. The lowest BCUT2D eigenvalue weighted by molar-refractivity contribution is 1.42. The first-order valence-electron chi connectivity index (χ1n) is 3.68. The minimum atomic E-state index is 1.03. The van der Waals surface area contributed by atoms with Gasteiger partial charge in [-0.05, 0) is 16.8 Å². The molecule has 1 nitrogen and oxygen atoms in total. The van der Waals surface area contributed by atoms with E-state index >= 15 is 0 Å². The summed E-state index contributed by atoms with van der Waals surface area (Å²) in [5, 5.41) is 3.84. The van der Waals surface area contributed by atoms with Crippen LogP contribution < -0.4 is 5.32 Å². The van der Waals surface area contributed by atoms with Crippen LogP contribution in [0.25, 0.3) is 10.8 Å². The summed E-state index contributed by atoms with van der Waals surface area (Å²) in [6.07, 6.45) is 1.88. The van der Waals surface area contributed by atoms with E-state index in [2.05, 4.69) is 35.3 Å². The monoisotopic (exact) mass is 159 g/mol. The number of hydrogen-bond donors (Lipinski definition) is 0. The molecule has 0 amide bonds. The lowest BCUT2D eigenvalue weighted by Gasteiger charge is -1.98. The molecular formula is C9H9NSi. The summed E-state index contributed by atoms with van der Waals surface area (Å²) in [5.74, 6) is 0. The summed E-state index contributed by atoms with van der Waals surface area (Å²) in [6.45, 7) is 0. The lowest BCUT2D eigenvalue weighted by atomic mass is 10.2. The standard InChI is InChI=1S/C9H9NSi/c11-9-8-4-2-1-3-7(8)5-6-10-9/h1-6H,11H3. The van der Waals surface area contributed by atoms with Gasteiger partial charge in [0.25, 0.3) is 0 Å². The molecule has 1 aromatic carbocycles. The van der Waals surface area contributed by atoms with Crippen molar-refractivity contribution in [1.29, 1.82) is 0 Å². The molecule has 2 rings (SSSR count). The molecule has 2 aromatic rings. The third-order valence-electron chi connectivity index (χ3n) is 1.87. The normalized spacial score (nSPS) is 10.5. The van der Waals surface area contributed by atoms with Crippen LogP contribution in [-0.4, -0.2) is 15.2 Å². The fourth-order valence-electron chi connectivity index (χ4n) is 1.27. The number of fused-ring (bicyclic) bond motifs is 1. The molecule has 0 aliphatic heterocycles. The first-order chi connectivity index (χ1) is 5.38. The van der Waals surface area contributed by atoms with Crippen molar-refractivity contribution in [2.75, 3.05) is 0 Å². The van der Waals surface area contributed by atoms with Gasteiger partial charge in [0.15, 0.2) is 0 Å². The third-order valence-corrected chi connectivity index (χ3v) is 2.67. The number of nitrogens with zero attached hydrogens (tertiary/aromatic N) is 1. The third kappa shape index (κ3) is 1.05. The Bertz CT molecular complexity index is 379. The zero-order valence-electron chi connectivity index (χ0n) is 6.41. The Morgan fingerprint density at radius 3 is 2.73 bits per heavy atom. The van der Waals surface area contributed by atoms with Gasteiger partial charge in [0, 0.05) is 11.5 Å². The summed E-state index contributed by atoms with van der Waals surface area (Å²) in [4.78, 5) is 4.27. The van der Waals surface area contributed by atoms with Gasteiger partial charge < -0.3 is 0 Å². The van der Waals surface area contributed by atoms with E-state index in [0.717, 1.165) is 10.2 Å². The largest absolute Gasteiger partial charge is 0.267 e. The second-order valence-corrected chi connectivity index (χ2v) is 3.56. The van der Waals surface area contributed by atoms with Crippen molar-refractivity contribution in [2.24, 2.45) is 0 Å². The van der Waals surface area contributed by atoms with Crippen molar-refractivity contribution in [3.8, 4) is 0 Å². The van der Waals surface area contributed by atoms with E-state index in [4.69, 9.17) is 0 Å². The van der Waals surface area contributed by atoms with Crippen molar-refractivity contribution >= 4 is 26.3 Å². The number of benzene rings is 1. The highest BCUT2D eigenvalue weighted by Gasteiger charge is 1.93. The van der Waals surface area contributed by atoms with Crippen LogP contribution in [-0.2, 0) is 0 Å². The van der Waals surface area contributed by atoms with Gasteiger partial charge in [-0.1, -0.05) is 24.3 Å². The molecule has 0 radical (unpaired) electrons. The van der Waals surface area contributed by atoms with Crippen LogP contribution in [0.2, 0.25) is 0 Å². The van der Waals surface area contributed by atoms with E-state index < -0.39 is 0 Å². The summed E-state index contributed by atoms with van der Waals surface area (Å²) >= 11 is 0. The van der Waals surface area contributed by atoms with Gasteiger partial charge in [0.05, 0.1) is 10.2 Å². The highest BCUT2D eigenvalue weighted by atomic mass is 28.1. The van der Waals surface area contributed by atoms with Crippen molar-refractivity contribution in [2.45, 2.75) is 0 Å². The van der Waals surface area contributed by atoms with E-state index in [1.54, 1.807) is 0 Å². The molecule has 0 aliphatic rings. The predicted octanol–water partition coefficient (Wildman–Crippen LogP) is 0.225. The van der Waals surface area contributed by atoms with Crippen LogP contribution in [0.1, 0.15) is 0 Å². The molecule has 0 unspecified atom stereocenters. The molecule has 0 saturated heterocycles. The zero-order valence-corrected chi connectivity index (χ0v) is 8.41. The first kappa shape index (κ1) is 6.55. The fraction of sp³-hybridized carbons (Fsp3) is 0. The number of aromatic nitrogens is 1. The molecule has 1 aromatic heterocycles. The molecule has 0 atom stereocenters. The second-order valence-electron chi connectivity index (χ2n) is 2.62. The summed E-state index contributed by atoms with van der Waals surface area (Å²) in [7, 11) is 1.03. The summed E-state index contributed by atoms with van der Waals surface area (Å²) < 4.78 is 0. The van der Waals surface area contributed by atoms with E-state index in [9.17, 15) is 0 Å². The smallest absolute Gasteiger partial charge is 0.0631 e. The van der Waals surface area contributed by atoms with Crippen molar-refractivity contribution < 1.29 is 0 Å². The minimum absolute atomic E-state index is 1.03. The molecule has 0 fully saturated rings. The Kier molecular flexibility index (Phi) is 1.47. The maximum Gasteiger partial charge on any atom is 0.0631 e. The molecular weight excluding hydrogens is 150 g/mol. The molecule has 11 heavy (non-hydrogen) atoms. The topological polar surface area (TPSA) is 12.9 Å². The van der Waals surface area contributed by atoms with Crippen LogP contribution in [0.15, 0.2) is 36.5 Å². The van der Waals surface area contributed by atoms with E-state index in [1.807, 2.05) is 6.20 Å². The van der Waals surface area contributed by atoms with Crippen molar-refractivity contribution in [3.63, 3.8) is 0 Å². The number of pyridine rings is 1. The van der Waals surface area contributed by atoms with E-state index in [0.29, 0.717) is 0 Å². The SMILES string of the molecule is [SiH3]c1nccc2ccccc12. The van der Waals surface area contributed by atoms with E-state index in [-0.39, 0.29) is 0 Å². The highest BCUT2D eigenvalue weighted by Crippen LogP contribution is 2.07. The van der Waals surface area contributed by atoms with Crippen LogP contribution >= 0.6 is 0 Å². The Balaban J connectivity index is 2.91. The van der Waals surface area contributed by atoms with Gasteiger partial charge in [-0.2, -0.15) is 0 Å². The quantitative estimate of drug-likeness (QED) is 0.501. The molecule has 2 heteroatoms.